The van der Waals surface area contributed by atoms with Gasteiger partial charge in [0.15, 0.2) is 0 Å². The van der Waals surface area contributed by atoms with Gasteiger partial charge in [0.1, 0.15) is 10.8 Å². The Kier molecular flexibility index (Phi) is 7.03. The van der Waals surface area contributed by atoms with Gasteiger partial charge in [-0.05, 0) is 62.5 Å². The Bertz CT molecular complexity index is 910. The first-order chi connectivity index (χ1) is 13.5. The van der Waals surface area contributed by atoms with E-state index in [9.17, 15) is 4.79 Å². The molecule has 7 heteroatoms. The van der Waals surface area contributed by atoms with Gasteiger partial charge in [-0.15, -0.1) is 11.3 Å². The third-order valence-electron chi connectivity index (χ3n) is 3.94. The predicted molar refractivity (Wildman–Crippen MR) is 115 cm³/mol. The standard InChI is InChI=1S/C21H22ClN3O2S/c1-3-27-19-10-4-15(5-11-19)21-24-18(14-28-21)12-25(2)13-20(26)23-17-8-6-16(22)7-9-17/h4-11,14H,3,12-13H2,1-2H3,(H,23,26). The van der Waals surface area contributed by atoms with Crippen molar-refractivity contribution < 1.29 is 9.53 Å². The molecule has 146 valence electrons. The average Bonchev–Trinajstić information content (AvgIpc) is 3.12. The highest BCUT2D eigenvalue weighted by molar-refractivity contribution is 7.13. The van der Waals surface area contributed by atoms with E-state index in [1.54, 1.807) is 35.6 Å². The number of ether oxygens (including phenoxy) is 1. The number of thiazole rings is 1. The number of nitrogens with zero attached hydrogens (tertiary/aromatic N) is 2. The van der Waals surface area contributed by atoms with Gasteiger partial charge in [0.25, 0.3) is 0 Å². The van der Waals surface area contributed by atoms with Gasteiger partial charge < -0.3 is 10.1 Å². The van der Waals surface area contributed by atoms with Gasteiger partial charge in [0.05, 0.1) is 18.8 Å². The summed E-state index contributed by atoms with van der Waals surface area (Å²) in [6.45, 7) is 3.49. The fourth-order valence-corrected chi connectivity index (χ4v) is 3.63. The minimum absolute atomic E-state index is 0.0770. The SMILES string of the molecule is CCOc1ccc(-c2nc(CN(C)CC(=O)Nc3ccc(Cl)cc3)cs2)cc1. The highest BCUT2D eigenvalue weighted by Crippen LogP contribution is 2.26. The monoisotopic (exact) mass is 415 g/mol. The molecule has 2 aromatic carbocycles. The summed E-state index contributed by atoms with van der Waals surface area (Å²) in [6.07, 6.45) is 0. The lowest BCUT2D eigenvalue weighted by atomic mass is 10.2. The molecule has 0 spiro atoms. The van der Waals surface area contributed by atoms with Gasteiger partial charge in [-0.2, -0.15) is 0 Å². The van der Waals surface area contributed by atoms with Crippen LogP contribution in [-0.4, -0.2) is 36.0 Å². The van der Waals surface area contributed by atoms with Crippen molar-refractivity contribution in [2.45, 2.75) is 13.5 Å². The molecule has 0 saturated heterocycles. The molecule has 0 aliphatic heterocycles. The quantitative estimate of drug-likeness (QED) is 0.566. The van der Waals surface area contributed by atoms with Gasteiger partial charge in [0, 0.05) is 28.2 Å². The van der Waals surface area contributed by atoms with Crippen LogP contribution in [0, 0.1) is 0 Å². The molecular weight excluding hydrogens is 394 g/mol. The molecular formula is C21H22ClN3O2S. The van der Waals surface area contributed by atoms with Crippen LogP contribution in [0.25, 0.3) is 10.6 Å². The number of anilines is 1. The summed E-state index contributed by atoms with van der Waals surface area (Å²) >= 11 is 7.45. The fourth-order valence-electron chi connectivity index (χ4n) is 2.68. The summed E-state index contributed by atoms with van der Waals surface area (Å²) in [5, 5.41) is 6.49. The summed E-state index contributed by atoms with van der Waals surface area (Å²) < 4.78 is 5.47. The van der Waals surface area contributed by atoms with E-state index in [2.05, 4.69) is 10.3 Å². The van der Waals surface area contributed by atoms with Crippen LogP contribution < -0.4 is 10.1 Å². The maximum Gasteiger partial charge on any atom is 0.238 e. The van der Waals surface area contributed by atoms with Gasteiger partial charge in [0.2, 0.25) is 5.91 Å². The second-order valence-corrected chi connectivity index (χ2v) is 7.62. The van der Waals surface area contributed by atoms with E-state index in [1.807, 2.05) is 48.5 Å². The zero-order valence-electron chi connectivity index (χ0n) is 15.8. The minimum atomic E-state index is -0.0770. The maximum atomic E-state index is 12.2. The Morgan fingerprint density at radius 3 is 2.57 bits per heavy atom. The van der Waals surface area contributed by atoms with Crippen LogP contribution in [-0.2, 0) is 11.3 Å². The van der Waals surface area contributed by atoms with E-state index in [0.717, 1.165) is 27.7 Å². The third-order valence-corrected chi connectivity index (χ3v) is 5.13. The molecule has 5 nitrogen and oxygen atoms in total. The first-order valence-corrected chi connectivity index (χ1v) is 10.2. The third kappa shape index (κ3) is 5.79. The van der Waals surface area contributed by atoms with Crippen LogP contribution in [0.2, 0.25) is 5.02 Å². The number of hydrogen-bond donors (Lipinski definition) is 1. The molecule has 3 aromatic rings. The normalized spacial score (nSPS) is 10.9. The number of carbonyl (C=O) groups is 1. The first-order valence-electron chi connectivity index (χ1n) is 8.95. The van der Waals surface area contributed by atoms with Crippen LogP contribution in [0.15, 0.2) is 53.9 Å². The number of amides is 1. The zero-order chi connectivity index (χ0) is 19.9. The molecule has 0 unspecified atom stereocenters. The molecule has 1 N–H and O–H groups in total. The van der Waals surface area contributed by atoms with Crippen LogP contribution in [0.1, 0.15) is 12.6 Å². The van der Waals surface area contributed by atoms with Crippen molar-refractivity contribution in [2.24, 2.45) is 0 Å². The van der Waals surface area contributed by atoms with Gasteiger partial charge in [-0.1, -0.05) is 11.6 Å². The molecule has 1 amide bonds. The van der Waals surface area contributed by atoms with Gasteiger partial charge in [-0.3, -0.25) is 9.69 Å². The topological polar surface area (TPSA) is 54.5 Å². The Morgan fingerprint density at radius 2 is 1.89 bits per heavy atom. The molecule has 1 aromatic heterocycles. The van der Waals surface area contributed by atoms with Crippen molar-refractivity contribution >= 4 is 34.5 Å². The van der Waals surface area contributed by atoms with E-state index in [0.29, 0.717) is 18.2 Å². The van der Waals surface area contributed by atoms with E-state index in [4.69, 9.17) is 16.3 Å². The number of halogens is 1. The predicted octanol–water partition coefficient (Wildman–Crippen LogP) is 4.93. The number of aromatic nitrogens is 1. The molecule has 0 aliphatic carbocycles. The smallest absolute Gasteiger partial charge is 0.238 e. The molecule has 0 radical (unpaired) electrons. The number of nitrogens with one attached hydrogen (secondary N) is 1. The number of benzene rings is 2. The highest BCUT2D eigenvalue weighted by Gasteiger charge is 2.11. The minimum Gasteiger partial charge on any atom is -0.494 e. The lowest BCUT2D eigenvalue weighted by Crippen LogP contribution is -2.29. The number of likely N-dealkylation sites (N-methyl/N-ethyl adjacent to an activating group) is 1. The van der Waals surface area contributed by atoms with Crippen molar-refractivity contribution in [3.05, 3.63) is 64.6 Å². The Labute approximate surface area is 173 Å². The maximum absolute atomic E-state index is 12.2. The Hall–Kier alpha value is -2.41. The van der Waals surface area contributed by atoms with E-state index < -0.39 is 0 Å². The fraction of sp³-hybridized carbons (Fsp3) is 0.238. The second kappa shape index (κ2) is 9.68. The van der Waals surface area contributed by atoms with Crippen molar-refractivity contribution in [3.63, 3.8) is 0 Å². The molecule has 0 aliphatic rings. The molecule has 0 fully saturated rings. The summed E-state index contributed by atoms with van der Waals surface area (Å²) in [7, 11) is 1.90. The van der Waals surface area contributed by atoms with Crippen LogP contribution >= 0.6 is 22.9 Å². The largest absolute Gasteiger partial charge is 0.494 e. The molecule has 1 heterocycles. The lowest BCUT2D eigenvalue weighted by Gasteiger charge is -2.15. The highest BCUT2D eigenvalue weighted by atomic mass is 35.5. The van der Waals surface area contributed by atoms with E-state index >= 15 is 0 Å². The van der Waals surface area contributed by atoms with Crippen molar-refractivity contribution in [1.29, 1.82) is 0 Å². The molecule has 0 bridgehead atoms. The van der Waals surface area contributed by atoms with Crippen molar-refractivity contribution in [1.82, 2.24) is 9.88 Å². The van der Waals surface area contributed by atoms with Crippen molar-refractivity contribution in [2.75, 3.05) is 25.5 Å². The van der Waals surface area contributed by atoms with Gasteiger partial charge >= 0.3 is 0 Å². The van der Waals surface area contributed by atoms with E-state index in [-0.39, 0.29) is 12.5 Å². The average molecular weight is 416 g/mol. The Balaban J connectivity index is 1.53. The van der Waals surface area contributed by atoms with Gasteiger partial charge in [-0.25, -0.2) is 4.98 Å². The zero-order valence-corrected chi connectivity index (χ0v) is 17.4. The molecule has 3 rings (SSSR count). The summed E-state index contributed by atoms with van der Waals surface area (Å²) in [5.74, 6) is 0.779. The number of hydrogen-bond acceptors (Lipinski definition) is 5. The Morgan fingerprint density at radius 1 is 1.18 bits per heavy atom. The van der Waals surface area contributed by atoms with Crippen LogP contribution in [0.3, 0.4) is 0 Å². The van der Waals surface area contributed by atoms with Crippen LogP contribution in [0.4, 0.5) is 5.69 Å². The summed E-state index contributed by atoms with van der Waals surface area (Å²) in [5.41, 5.74) is 2.73. The molecule has 0 saturated carbocycles. The number of carbonyl (C=O) groups excluding carboxylic acids is 1. The first kappa shape index (κ1) is 20.3. The molecule has 28 heavy (non-hydrogen) atoms. The van der Waals surface area contributed by atoms with Crippen LogP contribution in [0.5, 0.6) is 5.75 Å². The lowest BCUT2D eigenvalue weighted by molar-refractivity contribution is -0.117. The second-order valence-electron chi connectivity index (χ2n) is 6.33. The number of rotatable bonds is 8. The summed E-state index contributed by atoms with van der Waals surface area (Å²) in [6, 6.07) is 15.0. The molecule has 0 atom stereocenters. The summed E-state index contributed by atoms with van der Waals surface area (Å²) in [4.78, 5) is 18.8. The van der Waals surface area contributed by atoms with Crippen molar-refractivity contribution in [3.8, 4) is 16.3 Å². The van der Waals surface area contributed by atoms with E-state index in [1.165, 1.54) is 0 Å².